The van der Waals surface area contributed by atoms with Gasteiger partial charge in [0.2, 0.25) is 11.9 Å². The highest BCUT2D eigenvalue weighted by Crippen LogP contribution is 2.17. The number of hydrogen-bond acceptors (Lipinski definition) is 6. The Labute approximate surface area is 125 Å². The SMILES string of the molecule is CC(C)c1nc(N(C)C)nc(N(C)Cc2nccn2C)n1. The van der Waals surface area contributed by atoms with Crippen LogP contribution in [0.3, 0.4) is 0 Å². The van der Waals surface area contributed by atoms with Crippen molar-refractivity contribution in [2.45, 2.75) is 26.3 Å². The van der Waals surface area contributed by atoms with Crippen molar-refractivity contribution in [2.75, 3.05) is 30.9 Å². The van der Waals surface area contributed by atoms with E-state index < -0.39 is 0 Å². The Hall–Kier alpha value is -2.18. The van der Waals surface area contributed by atoms with Crippen LogP contribution in [-0.4, -0.2) is 45.6 Å². The van der Waals surface area contributed by atoms with Crippen LogP contribution in [0.15, 0.2) is 12.4 Å². The van der Waals surface area contributed by atoms with Crippen molar-refractivity contribution >= 4 is 11.9 Å². The Balaban J connectivity index is 2.31. The molecular weight excluding hydrogens is 266 g/mol. The molecule has 21 heavy (non-hydrogen) atoms. The summed E-state index contributed by atoms with van der Waals surface area (Å²) in [6.07, 6.45) is 3.72. The molecule has 2 heterocycles. The summed E-state index contributed by atoms with van der Waals surface area (Å²) in [5.74, 6) is 3.37. The predicted octanol–water partition coefficient (Wildman–Crippen LogP) is 1.43. The van der Waals surface area contributed by atoms with Crippen LogP contribution in [0.2, 0.25) is 0 Å². The highest BCUT2D eigenvalue weighted by Gasteiger charge is 2.15. The van der Waals surface area contributed by atoms with E-state index in [9.17, 15) is 0 Å². The maximum absolute atomic E-state index is 4.57. The lowest BCUT2D eigenvalue weighted by Gasteiger charge is -2.20. The van der Waals surface area contributed by atoms with Crippen LogP contribution in [0.5, 0.6) is 0 Å². The minimum Gasteiger partial charge on any atom is -0.347 e. The summed E-state index contributed by atoms with van der Waals surface area (Å²) in [5, 5.41) is 0. The van der Waals surface area contributed by atoms with Gasteiger partial charge >= 0.3 is 0 Å². The molecule has 0 saturated carbocycles. The van der Waals surface area contributed by atoms with Gasteiger partial charge in [0.1, 0.15) is 11.6 Å². The molecule has 114 valence electrons. The van der Waals surface area contributed by atoms with Gasteiger partial charge in [0, 0.05) is 46.5 Å². The third kappa shape index (κ3) is 3.48. The lowest BCUT2D eigenvalue weighted by molar-refractivity contribution is 0.714. The zero-order chi connectivity index (χ0) is 15.6. The summed E-state index contributed by atoms with van der Waals surface area (Å²) >= 11 is 0. The van der Waals surface area contributed by atoms with Crippen molar-refractivity contribution in [3.05, 3.63) is 24.0 Å². The van der Waals surface area contributed by atoms with Crippen molar-refractivity contribution in [1.82, 2.24) is 24.5 Å². The number of aryl methyl sites for hydroxylation is 1. The molecular formula is C14H23N7. The first-order chi connectivity index (χ1) is 9.88. The Kier molecular flexibility index (Phi) is 4.40. The quantitative estimate of drug-likeness (QED) is 0.830. The highest BCUT2D eigenvalue weighted by atomic mass is 15.3. The standard InChI is InChI=1S/C14H23N7/c1-10(2)12-16-13(19(3)4)18-14(17-12)21(6)9-11-15-7-8-20(11)5/h7-8,10H,9H2,1-6H3. The largest absolute Gasteiger partial charge is 0.347 e. The van der Waals surface area contributed by atoms with E-state index in [2.05, 4.69) is 33.8 Å². The van der Waals surface area contributed by atoms with Crippen LogP contribution in [-0.2, 0) is 13.6 Å². The second-order valence-electron chi connectivity index (χ2n) is 5.65. The van der Waals surface area contributed by atoms with Crippen LogP contribution in [0.4, 0.5) is 11.9 Å². The maximum Gasteiger partial charge on any atom is 0.230 e. The molecule has 0 unspecified atom stereocenters. The average molecular weight is 289 g/mol. The van der Waals surface area contributed by atoms with Crippen molar-refractivity contribution in [2.24, 2.45) is 7.05 Å². The summed E-state index contributed by atoms with van der Waals surface area (Å²) in [7, 11) is 7.81. The van der Waals surface area contributed by atoms with Gasteiger partial charge in [-0.15, -0.1) is 0 Å². The average Bonchev–Trinajstić information content (AvgIpc) is 2.83. The smallest absolute Gasteiger partial charge is 0.230 e. The fraction of sp³-hybridized carbons (Fsp3) is 0.571. The molecule has 0 spiro atoms. The van der Waals surface area contributed by atoms with Gasteiger partial charge in [-0.3, -0.25) is 0 Å². The van der Waals surface area contributed by atoms with E-state index in [0.29, 0.717) is 18.4 Å². The molecule has 2 aromatic rings. The van der Waals surface area contributed by atoms with Gasteiger partial charge in [-0.2, -0.15) is 15.0 Å². The Morgan fingerprint density at radius 3 is 2.29 bits per heavy atom. The van der Waals surface area contributed by atoms with E-state index >= 15 is 0 Å². The fourth-order valence-electron chi connectivity index (χ4n) is 1.83. The fourth-order valence-corrected chi connectivity index (χ4v) is 1.83. The van der Waals surface area contributed by atoms with E-state index in [-0.39, 0.29) is 5.92 Å². The van der Waals surface area contributed by atoms with Crippen molar-refractivity contribution < 1.29 is 0 Å². The minimum absolute atomic E-state index is 0.256. The van der Waals surface area contributed by atoms with Gasteiger partial charge in [0.25, 0.3) is 0 Å². The number of rotatable bonds is 5. The molecule has 0 aliphatic heterocycles. The minimum atomic E-state index is 0.256. The molecule has 0 fully saturated rings. The third-order valence-corrected chi connectivity index (χ3v) is 3.19. The molecule has 2 aromatic heterocycles. The van der Waals surface area contributed by atoms with Gasteiger partial charge in [0.05, 0.1) is 6.54 Å². The summed E-state index contributed by atoms with van der Waals surface area (Å²) in [6, 6.07) is 0. The Morgan fingerprint density at radius 1 is 1.10 bits per heavy atom. The van der Waals surface area contributed by atoms with E-state index in [0.717, 1.165) is 11.6 Å². The van der Waals surface area contributed by atoms with Crippen LogP contribution >= 0.6 is 0 Å². The molecule has 0 amide bonds. The Bertz CT molecular complexity index is 577. The third-order valence-electron chi connectivity index (χ3n) is 3.19. The molecule has 0 atom stereocenters. The molecule has 0 N–H and O–H groups in total. The molecule has 7 heteroatoms. The topological polar surface area (TPSA) is 63.0 Å². The first-order valence-electron chi connectivity index (χ1n) is 6.99. The summed E-state index contributed by atoms with van der Waals surface area (Å²) < 4.78 is 1.99. The number of hydrogen-bond donors (Lipinski definition) is 0. The second kappa shape index (κ2) is 6.07. The highest BCUT2D eigenvalue weighted by molar-refractivity contribution is 5.38. The zero-order valence-electron chi connectivity index (χ0n) is 13.6. The summed E-state index contributed by atoms with van der Waals surface area (Å²) in [5.41, 5.74) is 0. The van der Waals surface area contributed by atoms with Gasteiger partial charge in [-0.1, -0.05) is 13.8 Å². The van der Waals surface area contributed by atoms with Crippen LogP contribution in [0, 0.1) is 0 Å². The molecule has 2 rings (SSSR count). The molecule has 0 aromatic carbocycles. The number of anilines is 2. The molecule has 0 aliphatic carbocycles. The van der Waals surface area contributed by atoms with Gasteiger partial charge < -0.3 is 14.4 Å². The van der Waals surface area contributed by atoms with E-state index in [1.54, 1.807) is 6.20 Å². The van der Waals surface area contributed by atoms with Crippen LogP contribution in [0.1, 0.15) is 31.4 Å². The van der Waals surface area contributed by atoms with E-state index in [1.807, 2.05) is 48.8 Å². The molecule has 0 bridgehead atoms. The van der Waals surface area contributed by atoms with Crippen LogP contribution < -0.4 is 9.80 Å². The van der Waals surface area contributed by atoms with E-state index in [1.165, 1.54) is 0 Å². The monoisotopic (exact) mass is 289 g/mol. The molecule has 0 radical (unpaired) electrons. The van der Waals surface area contributed by atoms with Gasteiger partial charge in [-0.05, 0) is 0 Å². The maximum atomic E-state index is 4.57. The number of imidazole rings is 1. The number of nitrogens with zero attached hydrogens (tertiary/aromatic N) is 7. The summed E-state index contributed by atoms with van der Waals surface area (Å²) in [6.45, 7) is 4.81. The first kappa shape index (κ1) is 15.2. The molecule has 0 aliphatic rings. The van der Waals surface area contributed by atoms with E-state index in [4.69, 9.17) is 0 Å². The zero-order valence-corrected chi connectivity index (χ0v) is 13.6. The second-order valence-corrected chi connectivity index (χ2v) is 5.65. The Morgan fingerprint density at radius 2 is 1.76 bits per heavy atom. The summed E-state index contributed by atoms with van der Waals surface area (Å²) in [4.78, 5) is 21.8. The van der Waals surface area contributed by atoms with Gasteiger partial charge in [-0.25, -0.2) is 4.98 Å². The number of aromatic nitrogens is 5. The van der Waals surface area contributed by atoms with Gasteiger partial charge in [0.15, 0.2) is 0 Å². The van der Waals surface area contributed by atoms with Crippen molar-refractivity contribution in [1.29, 1.82) is 0 Å². The first-order valence-corrected chi connectivity index (χ1v) is 6.99. The lowest BCUT2D eigenvalue weighted by Crippen LogP contribution is -2.24. The van der Waals surface area contributed by atoms with Crippen molar-refractivity contribution in [3.8, 4) is 0 Å². The molecule has 7 nitrogen and oxygen atoms in total. The predicted molar refractivity (Wildman–Crippen MR) is 83.6 cm³/mol. The molecule has 0 saturated heterocycles. The van der Waals surface area contributed by atoms with Crippen molar-refractivity contribution in [3.63, 3.8) is 0 Å². The normalized spacial score (nSPS) is 11.0. The lowest BCUT2D eigenvalue weighted by atomic mass is 10.2. The van der Waals surface area contributed by atoms with Crippen LogP contribution in [0.25, 0.3) is 0 Å².